The molecule has 32 heavy (non-hydrogen) atoms. The number of thioether (sulfide) groups is 1. The number of carbonyl (C=O) groups excluding carboxylic acids is 1. The molecule has 7 nitrogen and oxygen atoms in total. The number of ether oxygens (including phenoxy) is 2. The summed E-state index contributed by atoms with van der Waals surface area (Å²) in [6.45, 7) is 3.00. The van der Waals surface area contributed by atoms with Gasteiger partial charge in [0.1, 0.15) is 5.75 Å². The number of hydrogen-bond acceptors (Lipinski definition) is 6. The van der Waals surface area contributed by atoms with Gasteiger partial charge in [0, 0.05) is 18.2 Å². The summed E-state index contributed by atoms with van der Waals surface area (Å²) >= 11 is 7.35. The van der Waals surface area contributed by atoms with Crippen LogP contribution in [0.4, 0.5) is 0 Å². The molecule has 1 aliphatic heterocycles. The third-order valence-electron chi connectivity index (χ3n) is 5.31. The van der Waals surface area contributed by atoms with Gasteiger partial charge in [0.2, 0.25) is 5.91 Å². The average molecular weight is 474 g/mol. The monoisotopic (exact) mass is 473 g/mol. The molecule has 3 aromatic rings. The summed E-state index contributed by atoms with van der Waals surface area (Å²) in [5, 5.41) is 3.75. The minimum atomic E-state index is -0.485. The molecule has 4 rings (SSSR count). The van der Waals surface area contributed by atoms with Crippen molar-refractivity contribution in [1.29, 1.82) is 0 Å². The van der Waals surface area contributed by atoms with Crippen molar-refractivity contribution in [2.45, 2.75) is 36.3 Å². The number of nitrogens with zero attached hydrogens (tertiary/aromatic N) is 2. The molecule has 9 heteroatoms. The van der Waals surface area contributed by atoms with E-state index in [4.69, 9.17) is 21.1 Å². The van der Waals surface area contributed by atoms with Gasteiger partial charge in [0.05, 0.1) is 35.1 Å². The molecule has 1 amide bonds. The van der Waals surface area contributed by atoms with Crippen LogP contribution in [0.25, 0.3) is 16.6 Å². The van der Waals surface area contributed by atoms with Gasteiger partial charge in [-0.1, -0.05) is 35.5 Å². The fraction of sp³-hybridized carbons (Fsp3) is 0.348. The third-order valence-corrected chi connectivity index (χ3v) is 6.59. The number of rotatable bonds is 7. The molecule has 1 aliphatic rings. The highest BCUT2D eigenvalue weighted by molar-refractivity contribution is 8.00. The molecule has 168 valence electrons. The van der Waals surface area contributed by atoms with Crippen molar-refractivity contribution in [2.75, 3.05) is 20.3 Å². The van der Waals surface area contributed by atoms with Crippen LogP contribution in [-0.2, 0) is 9.53 Å². The highest BCUT2D eigenvalue weighted by Gasteiger charge is 2.23. The molecular formula is C23H24ClN3O4S. The smallest absolute Gasteiger partial charge is 0.266 e. The predicted molar refractivity (Wildman–Crippen MR) is 126 cm³/mol. The number of carbonyl (C=O) groups is 1. The van der Waals surface area contributed by atoms with Crippen LogP contribution < -0.4 is 15.6 Å². The zero-order valence-electron chi connectivity index (χ0n) is 17.8. The molecule has 0 radical (unpaired) electrons. The van der Waals surface area contributed by atoms with E-state index in [0.29, 0.717) is 39.1 Å². The second-order valence-corrected chi connectivity index (χ2v) is 9.25. The van der Waals surface area contributed by atoms with E-state index >= 15 is 0 Å². The van der Waals surface area contributed by atoms with Gasteiger partial charge < -0.3 is 14.8 Å². The van der Waals surface area contributed by atoms with Crippen molar-refractivity contribution < 1.29 is 14.3 Å². The SMILES string of the molecule is COc1ccccc1-n1c(S[C@H](C)C(=O)NC[C@@H]2CCCO2)nc2cc(Cl)ccc2c1=O. The van der Waals surface area contributed by atoms with E-state index in [-0.39, 0.29) is 17.6 Å². The van der Waals surface area contributed by atoms with Crippen molar-refractivity contribution in [3.8, 4) is 11.4 Å². The highest BCUT2D eigenvalue weighted by atomic mass is 35.5. The first-order valence-electron chi connectivity index (χ1n) is 10.4. The third kappa shape index (κ3) is 4.77. The Morgan fingerprint density at radius 1 is 1.38 bits per heavy atom. The van der Waals surface area contributed by atoms with Crippen LogP contribution in [0.3, 0.4) is 0 Å². The number of methoxy groups -OCH3 is 1. The first-order chi connectivity index (χ1) is 15.5. The number of benzene rings is 2. The van der Waals surface area contributed by atoms with Crippen molar-refractivity contribution in [1.82, 2.24) is 14.9 Å². The standard InChI is InChI=1S/C23H24ClN3O4S/c1-14(21(28)25-13-16-6-5-11-31-16)32-23-26-18-12-15(24)9-10-17(18)22(29)27(23)19-7-3-4-8-20(19)30-2/h3-4,7-10,12,14,16H,5-6,11,13H2,1-2H3,(H,25,28)/t14-,16+/m1/s1. The molecule has 0 spiro atoms. The molecule has 1 aromatic heterocycles. The van der Waals surface area contributed by atoms with Crippen molar-refractivity contribution in [3.05, 3.63) is 57.8 Å². The van der Waals surface area contributed by atoms with E-state index in [1.165, 1.54) is 16.3 Å². The van der Waals surface area contributed by atoms with Crippen LogP contribution in [-0.4, -0.2) is 47.1 Å². The molecule has 2 heterocycles. The van der Waals surface area contributed by atoms with Crippen LogP contribution in [0, 0.1) is 0 Å². The number of para-hydroxylation sites is 2. The summed E-state index contributed by atoms with van der Waals surface area (Å²) in [7, 11) is 1.55. The lowest BCUT2D eigenvalue weighted by molar-refractivity contribution is -0.120. The van der Waals surface area contributed by atoms with Crippen LogP contribution in [0.15, 0.2) is 52.4 Å². The zero-order chi connectivity index (χ0) is 22.7. The Morgan fingerprint density at radius 2 is 2.19 bits per heavy atom. The number of amides is 1. The summed E-state index contributed by atoms with van der Waals surface area (Å²) in [4.78, 5) is 30.9. The Balaban J connectivity index is 1.71. The summed E-state index contributed by atoms with van der Waals surface area (Å²) in [6.07, 6.45) is 2.02. The summed E-state index contributed by atoms with van der Waals surface area (Å²) in [5.74, 6) is 0.388. The van der Waals surface area contributed by atoms with Crippen LogP contribution in [0.2, 0.25) is 5.02 Å². The average Bonchev–Trinajstić information content (AvgIpc) is 3.31. The minimum absolute atomic E-state index is 0.0591. The van der Waals surface area contributed by atoms with Crippen molar-refractivity contribution in [3.63, 3.8) is 0 Å². The Labute approximate surface area is 195 Å². The lowest BCUT2D eigenvalue weighted by atomic mass is 10.2. The van der Waals surface area contributed by atoms with E-state index in [1.54, 1.807) is 44.4 Å². The molecular weight excluding hydrogens is 450 g/mol. The Hall–Kier alpha value is -2.55. The fourth-order valence-electron chi connectivity index (χ4n) is 3.62. The molecule has 1 fully saturated rings. The molecule has 1 saturated heterocycles. The molecule has 0 unspecified atom stereocenters. The summed E-state index contributed by atoms with van der Waals surface area (Å²) < 4.78 is 12.5. The van der Waals surface area contributed by atoms with E-state index < -0.39 is 5.25 Å². The Morgan fingerprint density at radius 3 is 2.94 bits per heavy atom. The van der Waals surface area contributed by atoms with E-state index in [2.05, 4.69) is 10.3 Å². The van der Waals surface area contributed by atoms with Gasteiger partial charge in [-0.15, -0.1) is 0 Å². The Kier molecular flexibility index (Phi) is 7.03. The second-order valence-electron chi connectivity index (χ2n) is 7.51. The van der Waals surface area contributed by atoms with Gasteiger partial charge in [-0.3, -0.25) is 14.2 Å². The summed E-state index contributed by atoms with van der Waals surface area (Å²) in [5.41, 5.74) is 0.771. The maximum absolute atomic E-state index is 13.5. The molecule has 0 aliphatic carbocycles. The maximum atomic E-state index is 13.5. The molecule has 2 atom stereocenters. The van der Waals surface area contributed by atoms with Gasteiger partial charge in [-0.2, -0.15) is 0 Å². The topological polar surface area (TPSA) is 82.4 Å². The van der Waals surface area contributed by atoms with Crippen LogP contribution >= 0.6 is 23.4 Å². The number of halogens is 1. The van der Waals surface area contributed by atoms with E-state index in [0.717, 1.165) is 19.4 Å². The maximum Gasteiger partial charge on any atom is 0.266 e. The molecule has 0 saturated carbocycles. The van der Waals surface area contributed by atoms with Gasteiger partial charge in [0.15, 0.2) is 5.16 Å². The number of fused-ring (bicyclic) bond motifs is 1. The fourth-order valence-corrected chi connectivity index (χ4v) is 4.73. The molecule has 2 aromatic carbocycles. The van der Waals surface area contributed by atoms with E-state index in [1.807, 2.05) is 12.1 Å². The summed E-state index contributed by atoms with van der Waals surface area (Å²) in [6, 6.07) is 12.2. The lowest BCUT2D eigenvalue weighted by Gasteiger charge is -2.18. The zero-order valence-corrected chi connectivity index (χ0v) is 19.4. The molecule has 0 bridgehead atoms. The number of aromatic nitrogens is 2. The van der Waals surface area contributed by atoms with Gasteiger partial charge in [0.25, 0.3) is 5.56 Å². The van der Waals surface area contributed by atoms with Crippen LogP contribution in [0.1, 0.15) is 19.8 Å². The van der Waals surface area contributed by atoms with E-state index in [9.17, 15) is 9.59 Å². The lowest BCUT2D eigenvalue weighted by Crippen LogP contribution is -2.36. The molecule has 1 N–H and O–H groups in total. The van der Waals surface area contributed by atoms with Gasteiger partial charge >= 0.3 is 0 Å². The largest absolute Gasteiger partial charge is 0.495 e. The normalized spacial score (nSPS) is 16.8. The van der Waals surface area contributed by atoms with Crippen molar-refractivity contribution >= 4 is 40.2 Å². The van der Waals surface area contributed by atoms with Crippen LogP contribution in [0.5, 0.6) is 5.75 Å². The number of nitrogens with one attached hydrogen (secondary N) is 1. The minimum Gasteiger partial charge on any atom is -0.495 e. The first-order valence-corrected chi connectivity index (χ1v) is 11.7. The highest BCUT2D eigenvalue weighted by Crippen LogP contribution is 2.29. The second kappa shape index (κ2) is 9.94. The number of hydrogen-bond donors (Lipinski definition) is 1. The van der Waals surface area contributed by atoms with Gasteiger partial charge in [-0.05, 0) is 50.1 Å². The van der Waals surface area contributed by atoms with Crippen molar-refractivity contribution in [2.24, 2.45) is 0 Å². The quantitative estimate of drug-likeness (QED) is 0.415. The first kappa shape index (κ1) is 22.6. The predicted octanol–water partition coefficient (Wildman–Crippen LogP) is 3.82. The van der Waals surface area contributed by atoms with Gasteiger partial charge in [-0.25, -0.2) is 4.98 Å². The Bertz CT molecular complexity index is 1190.